The first-order chi connectivity index (χ1) is 24.9. The van der Waals surface area contributed by atoms with Crippen molar-refractivity contribution in [3.63, 3.8) is 0 Å². The van der Waals surface area contributed by atoms with Gasteiger partial charge in [0, 0.05) is 31.8 Å². The molecular formula is C40H57N4O6P. The number of carbonyl (C=O) groups is 1. The Morgan fingerprint density at radius 3 is 1.98 bits per heavy atom. The van der Waals surface area contributed by atoms with Gasteiger partial charge in [-0.15, -0.1) is 0 Å². The highest BCUT2D eigenvalue weighted by molar-refractivity contribution is 7.45. The van der Waals surface area contributed by atoms with Crippen LogP contribution in [-0.4, -0.2) is 41.3 Å². The van der Waals surface area contributed by atoms with E-state index >= 15 is 0 Å². The Kier molecular flexibility index (Phi) is 24.2. The average Bonchev–Trinajstić information content (AvgIpc) is 3.12. The molecule has 0 fully saturated rings. The number of hydrogen-bond donors (Lipinski definition) is 3. The number of nitrogens with one attached hydrogen (secondary N) is 3. The molecule has 0 aliphatic carbocycles. The lowest BCUT2D eigenvalue weighted by Crippen LogP contribution is -2.34. The lowest BCUT2D eigenvalue weighted by molar-refractivity contribution is -0.120. The van der Waals surface area contributed by atoms with E-state index in [2.05, 4.69) is 89.1 Å². The molecule has 11 heteroatoms. The number of aromatic amines is 1. The fourth-order valence-electron chi connectivity index (χ4n) is 4.43. The first kappa shape index (κ1) is 43.1. The fourth-order valence-corrected chi connectivity index (χ4v) is 5.55. The largest absolute Gasteiger partial charge is 0.436 e. The van der Waals surface area contributed by atoms with Crippen molar-refractivity contribution < 1.29 is 18.6 Å². The van der Waals surface area contributed by atoms with E-state index in [0.717, 1.165) is 38.5 Å². The summed E-state index contributed by atoms with van der Waals surface area (Å²) in [7, 11) is -1.55. The predicted molar refractivity (Wildman–Crippen MR) is 210 cm³/mol. The Hall–Kier alpha value is -4.08. The van der Waals surface area contributed by atoms with E-state index in [1.54, 1.807) is 6.92 Å². The molecule has 278 valence electrons. The van der Waals surface area contributed by atoms with E-state index in [9.17, 15) is 14.4 Å². The number of nitrogens with zero attached hydrogens (tertiary/aromatic N) is 1. The minimum Gasteiger partial charge on any atom is -0.436 e. The molecule has 2 aromatic rings. The summed E-state index contributed by atoms with van der Waals surface area (Å²) in [5.74, 6) is 0.634. The van der Waals surface area contributed by atoms with Crippen molar-refractivity contribution in [1.82, 2.24) is 20.0 Å². The molecule has 1 amide bonds. The van der Waals surface area contributed by atoms with Gasteiger partial charge < -0.3 is 19.1 Å². The summed E-state index contributed by atoms with van der Waals surface area (Å²) in [6.07, 6.45) is 34.0. The zero-order valence-electron chi connectivity index (χ0n) is 30.5. The van der Waals surface area contributed by atoms with Gasteiger partial charge in [-0.1, -0.05) is 105 Å². The number of ether oxygens (including phenoxy) is 1. The molecule has 0 bridgehead atoms. The minimum absolute atomic E-state index is 0.0171. The number of rotatable bonds is 27. The molecule has 2 rings (SSSR count). The van der Waals surface area contributed by atoms with Crippen LogP contribution in [0.2, 0.25) is 0 Å². The van der Waals surface area contributed by atoms with Gasteiger partial charge in [0.1, 0.15) is 12.0 Å². The Labute approximate surface area is 305 Å². The molecule has 1 aromatic carbocycles. The van der Waals surface area contributed by atoms with Crippen LogP contribution in [0, 0.1) is 0 Å². The maximum atomic E-state index is 12.4. The molecule has 0 radical (unpaired) electrons. The minimum atomic E-state index is -1.55. The van der Waals surface area contributed by atoms with Gasteiger partial charge in [0.25, 0.3) is 5.56 Å². The van der Waals surface area contributed by atoms with Crippen LogP contribution in [0.5, 0.6) is 5.75 Å². The average molecular weight is 721 g/mol. The normalized spacial score (nSPS) is 14.1. The van der Waals surface area contributed by atoms with Crippen LogP contribution < -0.4 is 26.2 Å². The smallest absolute Gasteiger partial charge is 0.330 e. The molecule has 3 unspecified atom stereocenters. The summed E-state index contributed by atoms with van der Waals surface area (Å²) >= 11 is 0. The SMILES string of the molecule is CC/C=C\C/C=C\C/C=C\C/C=C\C/C=C\C/C=C\CCC(=O)NCCNP(OCC(CC)OC(C)n1ccc(=O)[nH]c1=O)Oc1ccccc1. The molecule has 1 heterocycles. The molecule has 0 saturated carbocycles. The second-order valence-corrected chi connectivity index (χ2v) is 12.7. The van der Waals surface area contributed by atoms with Crippen molar-refractivity contribution in [3.05, 3.63) is 136 Å². The van der Waals surface area contributed by atoms with Gasteiger partial charge in [-0.25, -0.2) is 9.88 Å². The molecular weight excluding hydrogens is 663 g/mol. The van der Waals surface area contributed by atoms with Gasteiger partial charge in [0.15, 0.2) is 0 Å². The van der Waals surface area contributed by atoms with E-state index in [4.69, 9.17) is 13.8 Å². The van der Waals surface area contributed by atoms with Crippen LogP contribution in [0.3, 0.4) is 0 Å². The summed E-state index contributed by atoms with van der Waals surface area (Å²) in [5, 5.41) is 6.19. The predicted octanol–water partition coefficient (Wildman–Crippen LogP) is 8.36. The Balaban J connectivity index is 1.63. The Morgan fingerprint density at radius 1 is 0.824 bits per heavy atom. The fraction of sp³-hybridized carbons (Fsp3) is 0.425. The summed E-state index contributed by atoms with van der Waals surface area (Å²) < 4.78 is 19.5. The molecule has 1 aromatic heterocycles. The molecule has 0 saturated heterocycles. The van der Waals surface area contributed by atoms with E-state index in [0.29, 0.717) is 38.1 Å². The highest BCUT2D eigenvalue weighted by atomic mass is 31.2. The van der Waals surface area contributed by atoms with E-state index in [1.807, 2.05) is 43.3 Å². The van der Waals surface area contributed by atoms with Crippen molar-refractivity contribution in [2.75, 3.05) is 19.7 Å². The zero-order valence-corrected chi connectivity index (χ0v) is 31.3. The third kappa shape index (κ3) is 21.7. The van der Waals surface area contributed by atoms with Gasteiger partial charge in [-0.2, -0.15) is 0 Å². The monoisotopic (exact) mass is 720 g/mol. The van der Waals surface area contributed by atoms with Crippen molar-refractivity contribution in [2.45, 2.75) is 90.9 Å². The van der Waals surface area contributed by atoms with Crippen molar-refractivity contribution in [1.29, 1.82) is 0 Å². The highest BCUT2D eigenvalue weighted by Crippen LogP contribution is 2.35. The maximum Gasteiger partial charge on any atom is 0.330 e. The molecule has 10 nitrogen and oxygen atoms in total. The van der Waals surface area contributed by atoms with Crippen LogP contribution in [0.25, 0.3) is 0 Å². The quantitative estimate of drug-likeness (QED) is 0.0482. The lowest BCUT2D eigenvalue weighted by Gasteiger charge is -2.25. The third-order valence-corrected chi connectivity index (χ3v) is 8.46. The Bertz CT molecular complexity index is 1510. The van der Waals surface area contributed by atoms with Gasteiger partial charge in [-0.05, 0) is 70.4 Å². The second-order valence-electron chi connectivity index (χ2n) is 11.5. The standard InChI is InChI=1S/C40H57N4O6P/c1-4-6-7-8-9-10-11-12-13-14-15-16-17-18-19-20-21-22-26-29-38(45)41-31-32-42-51(50-37-27-24-23-25-28-37)48-34-36(5-2)49-35(3)44-33-30-39(46)43-40(44)47/h6-7,9-10,12-13,15-16,18-19,21-25,27-28,30,33,35-36,42H,4-5,8,11,14,17,20,26,29,31-32,34H2,1-3H3,(H,41,45)(H,43,46,47)/b7-6-,10-9-,13-12-,16-15-,19-18-,22-21-. The molecule has 3 N–H and O–H groups in total. The van der Waals surface area contributed by atoms with Gasteiger partial charge in [-0.3, -0.25) is 19.1 Å². The first-order valence-electron chi connectivity index (χ1n) is 18.0. The summed E-state index contributed by atoms with van der Waals surface area (Å²) in [4.78, 5) is 38.1. The van der Waals surface area contributed by atoms with Crippen LogP contribution in [0.4, 0.5) is 0 Å². The first-order valence-corrected chi connectivity index (χ1v) is 19.1. The number of carbonyl (C=O) groups excluding carboxylic acids is 1. The molecule has 0 aliphatic rings. The number of amides is 1. The van der Waals surface area contributed by atoms with Gasteiger partial charge in [0.2, 0.25) is 5.91 Å². The highest BCUT2D eigenvalue weighted by Gasteiger charge is 2.19. The van der Waals surface area contributed by atoms with Crippen LogP contribution >= 0.6 is 8.53 Å². The van der Waals surface area contributed by atoms with Crippen LogP contribution in [0.1, 0.15) is 84.8 Å². The molecule has 0 spiro atoms. The van der Waals surface area contributed by atoms with Crippen molar-refractivity contribution in [2.24, 2.45) is 0 Å². The summed E-state index contributed by atoms with van der Waals surface area (Å²) in [5.41, 5.74) is -1.00. The van der Waals surface area contributed by atoms with Gasteiger partial charge >= 0.3 is 14.2 Å². The molecule has 0 aliphatic heterocycles. The van der Waals surface area contributed by atoms with Crippen molar-refractivity contribution >= 4 is 14.4 Å². The van der Waals surface area contributed by atoms with Gasteiger partial charge in [0.05, 0.1) is 12.7 Å². The topological polar surface area (TPSA) is 124 Å². The third-order valence-electron chi connectivity index (χ3n) is 7.22. The van der Waals surface area contributed by atoms with E-state index in [1.165, 1.54) is 16.8 Å². The van der Waals surface area contributed by atoms with Crippen LogP contribution in [-0.2, 0) is 14.1 Å². The number of allylic oxidation sites excluding steroid dienone is 12. The maximum absolute atomic E-state index is 12.4. The number of aromatic nitrogens is 2. The lowest BCUT2D eigenvalue weighted by atomic mass is 10.2. The zero-order chi connectivity index (χ0) is 36.8. The number of para-hydroxylation sites is 1. The number of hydrogen-bond acceptors (Lipinski definition) is 7. The second kappa shape index (κ2) is 28.6. The molecule has 51 heavy (non-hydrogen) atoms. The molecule has 3 atom stereocenters. The van der Waals surface area contributed by atoms with E-state index < -0.39 is 26.0 Å². The summed E-state index contributed by atoms with van der Waals surface area (Å²) in [6.45, 7) is 6.91. The van der Waals surface area contributed by atoms with Crippen LogP contribution in [0.15, 0.2) is 125 Å². The Morgan fingerprint density at radius 2 is 1.41 bits per heavy atom. The number of H-pyrrole nitrogens is 1. The van der Waals surface area contributed by atoms with Crippen molar-refractivity contribution in [3.8, 4) is 5.75 Å². The number of benzene rings is 1. The summed E-state index contributed by atoms with van der Waals surface area (Å²) in [6, 6.07) is 10.6. The van der Waals surface area contributed by atoms with E-state index in [-0.39, 0.29) is 18.6 Å².